The molecule has 0 bridgehead atoms. The Morgan fingerprint density at radius 1 is 1.29 bits per heavy atom. The molecule has 92 valence electrons. The van der Waals surface area contributed by atoms with E-state index in [9.17, 15) is 4.79 Å². The SMILES string of the molecule is CCc1ccc(C(=O)C2CCCC2(C)C)cc1. The average Bonchev–Trinajstić information content (AvgIpc) is 2.68. The highest BCUT2D eigenvalue weighted by molar-refractivity contribution is 5.98. The van der Waals surface area contributed by atoms with Gasteiger partial charge in [0.25, 0.3) is 0 Å². The van der Waals surface area contributed by atoms with Crippen LogP contribution in [0.3, 0.4) is 0 Å². The summed E-state index contributed by atoms with van der Waals surface area (Å²) in [4.78, 5) is 12.5. The summed E-state index contributed by atoms with van der Waals surface area (Å²) in [6.07, 6.45) is 4.46. The van der Waals surface area contributed by atoms with Gasteiger partial charge in [-0.2, -0.15) is 0 Å². The van der Waals surface area contributed by atoms with Crippen LogP contribution in [-0.4, -0.2) is 5.78 Å². The fourth-order valence-electron chi connectivity index (χ4n) is 2.92. The number of carbonyl (C=O) groups excluding carboxylic acids is 1. The summed E-state index contributed by atoms with van der Waals surface area (Å²) in [5.74, 6) is 0.560. The Morgan fingerprint density at radius 3 is 2.41 bits per heavy atom. The van der Waals surface area contributed by atoms with Crippen molar-refractivity contribution in [3.05, 3.63) is 35.4 Å². The lowest BCUT2D eigenvalue weighted by molar-refractivity contribution is 0.0839. The van der Waals surface area contributed by atoms with E-state index in [2.05, 4.69) is 32.9 Å². The van der Waals surface area contributed by atoms with Crippen LogP contribution in [-0.2, 0) is 6.42 Å². The molecule has 0 N–H and O–H groups in total. The molecule has 1 fully saturated rings. The summed E-state index contributed by atoms with van der Waals surface area (Å²) >= 11 is 0. The highest BCUT2D eigenvalue weighted by Crippen LogP contribution is 2.44. The van der Waals surface area contributed by atoms with Crippen molar-refractivity contribution in [2.24, 2.45) is 11.3 Å². The molecule has 1 aliphatic carbocycles. The number of carbonyl (C=O) groups is 1. The van der Waals surface area contributed by atoms with E-state index in [-0.39, 0.29) is 11.3 Å². The Kier molecular flexibility index (Phi) is 3.37. The van der Waals surface area contributed by atoms with Crippen molar-refractivity contribution in [2.75, 3.05) is 0 Å². The number of ketones is 1. The van der Waals surface area contributed by atoms with Gasteiger partial charge in [0.2, 0.25) is 0 Å². The predicted molar refractivity (Wildman–Crippen MR) is 71.3 cm³/mol. The van der Waals surface area contributed by atoms with Crippen molar-refractivity contribution in [2.45, 2.75) is 46.5 Å². The second kappa shape index (κ2) is 4.64. The monoisotopic (exact) mass is 230 g/mol. The minimum absolute atomic E-state index is 0.181. The standard InChI is InChI=1S/C16H22O/c1-4-12-7-9-13(10-8-12)15(17)14-6-5-11-16(14,2)3/h7-10,14H,4-6,11H2,1-3H3. The molecule has 2 rings (SSSR count). The Balaban J connectivity index is 2.19. The van der Waals surface area contributed by atoms with Crippen molar-refractivity contribution in [1.29, 1.82) is 0 Å². The molecule has 0 heterocycles. The summed E-state index contributed by atoms with van der Waals surface area (Å²) in [6.45, 7) is 6.59. The fourth-order valence-corrected chi connectivity index (χ4v) is 2.92. The molecular formula is C16H22O. The van der Waals surface area contributed by atoms with E-state index >= 15 is 0 Å². The smallest absolute Gasteiger partial charge is 0.166 e. The van der Waals surface area contributed by atoms with Crippen molar-refractivity contribution >= 4 is 5.78 Å². The lowest BCUT2D eigenvalue weighted by atomic mass is 9.77. The third kappa shape index (κ3) is 2.43. The van der Waals surface area contributed by atoms with Gasteiger partial charge in [-0.15, -0.1) is 0 Å². The first-order valence-corrected chi connectivity index (χ1v) is 6.68. The second-order valence-corrected chi connectivity index (χ2v) is 5.85. The minimum atomic E-state index is 0.181. The van der Waals surface area contributed by atoms with E-state index in [4.69, 9.17) is 0 Å². The highest BCUT2D eigenvalue weighted by atomic mass is 16.1. The number of Topliss-reactive ketones (excluding diaryl/α,β-unsaturated/α-hetero) is 1. The van der Waals surface area contributed by atoms with Gasteiger partial charge in [-0.3, -0.25) is 4.79 Å². The third-order valence-electron chi connectivity index (χ3n) is 4.22. The predicted octanol–water partition coefficient (Wildman–Crippen LogP) is 4.26. The average molecular weight is 230 g/mol. The zero-order valence-corrected chi connectivity index (χ0v) is 11.1. The van der Waals surface area contributed by atoms with E-state index in [1.165, 1.54) is 18.4 Å². The van der Waals surface area contributed by atoms with Crippen molar-refractivity contribution in [1.82, 2.24) is 0 Å². The van der Waals surface area contributed by atoms with Crippen LogP contribution in [0.5, 0.6) is 0 Å². The quantitative estimate of drug-likeness (QED) is 0.709. The molecule has 1 saturated carbocycles. The van der Waals surface area contributed by atoms with Crippen LogP contribution in [0.2, 0.25) is 0 Å². The summed E-state index contributed by atoms with van der Waals surface area (Å²) in [5.41, 5.74) is 2.37. The first-order valence-electron chi connectivity index (χ1n) is 6.68. The van der Waals surface area contributed by atoms with Gasteiger partial charge in [-0.05, 0) is 30.2 Å². The van der Waals surface area contributed by atoms with Crippen molar-refractivity contribution < 1.29 is 4.79 Å². The molecule has 1 nitrogen and oxygen atoms in total. The minimum Gasteiger partial charge on any atom is -0.294 e. The molecular weight excluding hydrogens is 208 g/mol. The van der Waals surface area contributed by atoms with Gasteiger partial charge in [0.15, 0.2) is 5.78 Å². The van der Waals surface area contributed by atoms with Gasteiger partial charge in [0.1, 0.15) is 0 Å². The Bertz CT molecular complexity index is 400. The number of hydrogen-bond acceptors (Lipinski definition) is 1. The molecule has 0 saturated heterocycles. The van der Waals surface area contributed by atoms with Gasteiger partial charge >= 0.3 is 0 Å². The van der Waals surface area contributed by atoms with Crippen LogP contribution < -0.4 is 0 Å². The van der Waals surface area contributed by atoms with Gasteiger partial charge in [0, 0.05) is 11.5 Å². The van der Waals surface area contributed by atoms with Crippen LogP contribution in [0, 0.1) is 11.3 Å². The zero-order valence-electron chi connectivity index (χ0n) is 11.1. The maximum atomic E-state index is 12.5. The number of aryl methyl sites for hydroxylation is 1. The third-order valence-corrected chi connectivity index (χ3v) is 4.22. The Morgan fingerprint density at radius 2 is 1.94 bits per heavy atom. The zero-order chi connectivity index (χ0) is 12.5. The number of hydrogen-bond donors (Lipinski definition) is 0. The number of benzene rings is 1. The van der Waals surface area contributed by atoms with Crippen LogP contribution in [0.4, 0.5) is 0 Å². The molecule has 0 aromatic heterocycles. The summed E-state index contributed by atoms with van der Waals surface area (Å²) in [5, 5.41) is 0. The van der Waals surface area contributed by atoms with E-state index in [1.807, 2.05) is 12.1 Å². The molecule has 1 atom stereocenters. The van der Waals surface area contributed by atoms with Crippen LogP contribution in [0.15, 0.2) is 24.3 Å². The molecule has 1 aromatic rings. The van der Waals surface area contributed by atoms with Gasteiger partial charge in [0.05, 0.1) is 0 Å². The molecule has 0 radical (unpaired) electrons. The van der Waals surface area contributed by atoms with E-state index in [1.54, 1.807) is 0 Å². The molecule has 1 unspecified atom stereocenters. The van der Waals surface area contributed by atoms with E-state index < -0.39 is 0 Å². The molecule has 1 aliphatic rings. The van der Waals surface area contributed by atoms with Gasteiger partial charge < -0.3 is 0 Å². The van der Waals surface area contributed by atoms with Crippen LogP contribution in [0.1, 0.15) is 56.0 Å². The summed E-state index contributed by atoms with van der Waals surface area (Å²) < 4.78 is 0. The Labute approximate surface area is 104 Å². The lowest BCUT2D eigenvalue weighted by Crippen LogP contribution is -2.25. The van der Waals surface area contributed by atoms with Gasteiger partial charge in [-0.25, -0.2) is 0 Å². The first kappa shape index (κ1) is 12.3. The molecule has 0 aliphatic heterocycles. The molecule has 0 amide bonds. The van der Waals surface area contributed by atoms with Gasteiger partial charge in [-0.1, -0.05) is 51.5 Å². The molecule has 17 heavy (non-hydrogen) atoms. The normalized spacial score (nSPS) is 22.6. The topological polar surface area (TPSA) is 17.1 Å². The summed E-state index contributed by atoms with van der Waals surface area (Å²) in [6, 6.07) is 8.15. The lowest BCUT2D eigenvalue weighted by Gasteiger charge is -2.25. The number of rotatable bonds is 3. The fraction of sp³-hybridized carbons (Fsp3) is 0.562. The first-order chi connectivity index (χ1) is 8.04. The van der Waals surface area contributed by atoms with E-state index in [0.717, 1.165) is 18.4 Å². The van der Waals surface area contributed by atoms with Crippen molar-refractivity contribution in [3.63, 3.8) is 0 Å². The van der Waals surface area contributed by atoms with Crippen LogP contribution >= 0.6 is 0 Å². The maximum Gasteiger partial charge on any atom is 0.166 e. The van der Waals surface area contributed by atoms with Crippen LogP contribution in [0.25, 0.3) is 0 Å². The van der Waals surface area contributed by atoms with E-state index in [0.29, 0.717) is 5.78 Å². The Hall–Kier alpha value is -1.11. The highest BCUT2D eigenvalue weighted by Gasteiger charge is 2.39. The maximum absolute atomic E-state index is 12.5. The molecule has 0 spiro atoms. The van der Waals surface area contributed by atoms with Crippen molar-refractivity contribution in [3.8, 4) is 0 Å². The summed E-state index contributed by atoms with van der Waals surface area (Å²) in [7, 11) is 0. The largest absolute Gasteiger partial charge is 0.294 e. The molecule has 1 heteroatoms. The molecule has 1 aromatic carbocycles. The second-order valence-electron chi connectivity index (χ2n) is 5.85.